The lowest BCUT2D eigenvalue weighted by molar-refractivity contribution is -0.138. The van der Waals surface area contributed by atoms with Gasteiger partial charge in [0.05, 0.1) is 6.61 Å². The van der Waals surface area contributed by atoms with Gasteiger partial charge in [0.1, 0.15) is 6.10 Å². The topological polar surface area (TPSA) is 29.5 Å². The van der Waals surface area contributed by atoms with Gasteiger partial charge in [0.15, 0.2) is 5.78 Å². The highest BCUT2D eigenvalue weighted by molar-refractivity contribution is 5.83. The molecule has 2 aliphatic heterocycles. The van der Waals surface area contributed by atoms with E-state index in [1.807, 2.05) is 0 Å². The van der Waals surface area contributed by atoms with Crippen molar-refractivity contribution < 1.29 is 9.53 Å². The summed E-state index contributed by atoms with van der Waals surface area (Å²) in [5, 5.41) is 0. The highest BCUT2D eigenvalue weighted by Gasteiger charge is 2.36. The lowest BCUT2D eigenvalue weighted by Gasteiger charge is -2.34. The van der Waals surface area contributed by atoms with Gasteiger partial charge in [-0.2, -0.15) is 0 Å². The summed E-state index contributed by atoms with van der Waals surface area (Å²) in [6, 6.07) is 0.606. The van der Waals surface area contributed by atoms with E-state index in [2.05, 4.69) is 4.90 Å². The van der Waals surface area contributed by atoms with Gasteiger partial charge >= 0.3 is 0 Å². The first-order chi connectivity index (χ1) is 7.33. The molecule has 3 aliphatic rings. The van der Waals surface area contributed by atoms with Gasteiger partial charge in [0, 0.05) is 19.0 Å². The molecule has 15 heavy (non-hydrogen) atoms. The molecule has 2 heterocycles. The standard InChI is InChI=1S/C12H19NO2/c14-11(6-9-3-4-9)12-7-13-5-1-2-10(13)8-15-12/h9-10,12H,1-8H2. The molecular weight excluding hydrogens is 190 g/mol. The molecule has 0 aromatic heterocycles. The van der Waals surface area contributed by atoms with Crippen molar-refractivity contribution in [2.24, 2.45) is 5.92 Å². The Morgan fingerprint density at radius 1 is 1.33 bits per heavy atom. The van der Waals surface area contributed by atoms with Crippen LogP contribution in [0.1, 0.15) is 32.1 Å². The fourth-order valence-electron chi connectivity index (χ4n) is 2.75. The van der Waals surface area contributed by atoms with Crippen LogP contribution in [0.5, 0.6) is 0 Å². The van der Waals surface area contributed by atoms with E-state index in [0.717, 1.165) is 19.6 Å². The summed E-state index contributed by atoms with van der Waals surface area (Å²) in [7, 11) is 0. The Morgan fingerprint density at radius 2 is 2.20 bits per heavy atom. The number of rotatable bonds is 3. The molecule has 3 nitrogen and oxygen atoms in total. The number of ether oxygens (including phenoxy) is 1. The van der Waals surface area contributed by atoms with Crippen molar-refractivity contribution in [2.45, 2.75) is 44.2 Å². The molecule has 0 radical (unpaired) electrons. The number of carbonyl (C=O) groups excluding carboxylic acids is 1. The maximum Gasteiger partial charge on any atom is 0.163 e. The van der Waals surface area contributed by atoms with Gasteiger partial charge < -0.3 is 4.74 Å². The van der Waals surface area contributed by atoms with Crippen LogP contribution in [0.2, 0.25) is 0 Å². The molecule has 1 saturated carbocycles. The van der Waals surface area contributed by atoms with E-state index in [1.165, 1.54) is 32.2 Å². The van der Waals surface area contributed by atoms with Crippen molar-refractivity contribution in [1.82, 2.24) is 4.90 Å². The SMILES string of the molecule is O=C(CC1CC1)C1CN2CCCC2CO1. The molecule has 84 valence electrons. The third kappa shape index (κ3) is 2.08. The molecule has 2 unspecified atom stereocenters. The van der Waals surface area contributed by atoms with Crippen molar-refractivity contribution in [1.29, 1.82) is 0 Å². The second-order valence-electron chi connectivity index (χ2n) is 5.23. The number of morpholine rings is 1. The van der Waals surface area contributed by atoms with Crippen LogP contribution in [0.15, 0.2) is 0 Å². The zero-order chi connectivity index (χ0) is 10.3. The van der Waals surface area contributed by atoms with E-state index in [0.29, 0.717) is 17.7 Å². The zero-order valence-electron chi connectivity index (χ0n) is 9.15. The molecule has 1 aliphatic carbocycles. The molecule has 3 heteroatoms. The molecule has 3 rings (SSSR count). The van der Waals surface area contributed by atoms with Crippen molar-refractivity contribution in [3.05, 3.63) is 0 Å². The molecule has 0 N–H and O–H groups in total. The Bertz CT molecular complexity index is 262. The molecule has 0 spiro atoms. The number of nitrogens with zero attached hydrogens (tertiary/aromatic N) is 1. The number of fused-ring (bicyclic) bond motifs is 1. The van der Waals surface area contributed by atoms with E-state index in [9.17, 15) is 4.79 Å². The Morgan fingerprint density at radius 3 is 3.00 bits per heavy atom. The van der Waals surface area contributed by atoms with E-state index >= 15 is 0 Å². The molecule has 2 atom stereocenters. The highest BCUT2D eigenvalue weighted by Crippen LogP contribution is 2.33. The van der Waals surface area contributed by atoms with Crippen LogP contribution >= 0.6 is 0 Å². The summed E-state index contributed by atoms with van der Waals surface area (Å²) in [6.45, 7) is 2.80. The van der Waals surface area contributed by atoms with Gasteiger partial charge in [-0.1, -0.05) is 0 Å². The minimum atomic E-state index is -0.111. The molecule has 0 aromatic carbocycles. The average Bonchev–Trinajstić information content (AvgIpc) is 2.94. The van der Waals surface area contributed by atoms with Gasteiger partial charge in [-0.05, 0) is 38.1 Å². The second kappa shape index (κ2) is 3.87. The first-order valence-corrected chi connectivity index (χ1v) is 6.21. The van der Waals surface area contributed by atoms with Crippen LogP contribution in [-0.2, 0) is 9.53 Å². The van der Waals surface area contributed by atoms with Gasteiger partial charge in [-0.15, -0.1) is 0 Å². The van der Waals surface area contributed by atoms with Crippen LogP contribution in [-0.4, -0.2) is 42.5 Å². The summed E-state index contributed by atoms with van der Waals surface area (Å²) in [4.78, 5) is 14.3. The molecule has 3 fully saturated rings. The summed E-state index contributed by atoms with van der Waals surface area (Å²) < 4.78 is 5.69. The lowest BCUT2D eigenvalue weighted by atomic mass is 10.1. The van der Waals surface area contributed by atoms with Gasteiger partial charge in [0.25, 0.3) is 0 Å². The Labute approximate surface area is 90.8 Å². The number of carbonyl (C=O) groups is 1. The number of hydrogen-bond acceptors (Lipinski definition) is 3. The van der Waals surface area contributed by atoms with Gasteiger partial charge in [-0.25, -0.2) is 0 Å². The van der Waals surface area contributed by atoms with Crippen LogP contribution in [0.25, 0.3) is 0 Å². The van der Waals surface area contributed by atoms with Crippen LogP contribution in [0, 0.1) is 5.92 Å². The number of Topliss-reactive ketones (excluding diaryl/α,β-unsaturated/α-hetero) is 1. The first kappa shape index (κ1) is 9.79. The quantitative estimate of drug-likeness (QED) is 0.700. The number of hydrogen-bond donors (Lipinski definition) is 0. The fourth-order valence-corrected chi connectivity index (χ4v) is 2.75. The highest BCUT2D eigenvalue weighted by atomic mass is 16.5. The summed E-state index contributed by atoms with van der Waals surface area (Å²) >= 11 is 0. The predicted molar refractivity (Wildman–Crippen MR) is 56.7 cm³/mol. The van der Waals surface area contributed by atoms with Crippen molar-refractivity contribution in [3.63, 3.8) is 0 Å². The van der Waals surface area contributed by atoms with Crippen molar-refractivity contribution in [3.8, 4) is 0 Å². The van der Waals surface area contributed by atoms with Crippen LogP contribution in [0.4, 0.5) is 0 Å². The Balaban J connectivity index is 1.55. The Kier molecular flexibility index (Phi) is 2.53. The predicted octanol–water partition coefficient (Wildman–Crippen LogP) is 1.22. The van der Waals surface area contributed by atoms with E-state index < -0.39 is 0 Å². The fraction of sp³-hybridized carbons (Fsp3) is 0.917. The van der Waals surface area contributed by atoms with Crippen LogP contribution in [0.3, 0.4) is 0 Å². The van der Waals surface area contributed by atoms with Crippen molar-refractivity contribution in [2.75, 3.05) is 19.7 Å². The average molecular weight is 209 g/mol. The zero-order valence-corrected chi connectivity index (χ0v) is 9.15. The van der Waals surface area contributed by atoms with Gasteiger partial charge in [0.2, 0.25) is 0 Å². The number of ketones is 1. The molecule has 0 aromatic rings. The smallest absolute Gasteiger partial charge is 0.163 e. The molecule has 0 bridgehead atoms. The molecule has 2 saturated heterocycles. The van der Waals surface area contributed by atoms with Gasteiger partial charge in [-0.3, -0.25) is 9.69 Å². The lowest BCUT2D eigenvalue weighted by Crippen LogP contribution is -2.49. The summed E-state index contributed by atoms with van der Waals surface area (Å²) in [6.07, 6.45) is 5.69. The molecular formula is C12H19NO2. The van der Waals surface area contributed by atoms with E-state index in [4.69, 9.17) is 4.74 Å². The largest absolute Gasteiger partial charge is 0.367 e. The normalized spacial score (nSPS) is 36.5. The minimum Gasteiger partial charge on any atom is -0.367 e. The summed E-state index contributed by atoms with van der Waals surface area (Å²) in [5.74, 6) is 1.04. The third-order valence-electron chi connectivity index (χ3n) is 3.94. The minimum absolute atomic E-state index is 0.111. The maximum absolute atomic E-state index is 11.9. The summed E-state index contributed by atoms with van der Waals surface area (Å²) in [5.41, 5.74) is 0. The monoisotopic (exact) mass is 209 g/mol. The van der Waals surface area contributed by atoms with E-state index in [1.54, 1.807) is 0 Å². The van der Waals surface area contributed by atoms with Crippen molar-refractivity contribution >= 4 is 5.78 Å². The van der Waals surface area contributed by atoms with E-state index in [-0.39, 0.29) is 6.10 Å². The molecule has 0 amide bonds. The Hall–Kier alpha value is -0.410. The third-order valence-corrected chi connectivity index (χ3v) is 3.94. The maximum atomic E-state index is 11.9. The second-order valence-corrected chi connectivity index (χ2v) is 5.23. The first-order valence-electron chi connectivity index (χ1n) is 6.21. The van der Waals surface area contributed by atoms with Crippen LogP contribution < -0.4 is 0 Å².